The minimum Gasteiger partial charge on any atom is -0.381 e. The highest BCUT2D eigenvalue weighted by atomic mass is 31.2. The first-order valence-corrected chi connectivity index (χ1v) is 5.17. The molecule has 0 saturated heterocycles. The van der Waals surface area contributed by atoms with Gasteiger partial charge in [0.2, 0.25) is 0 Å². The Morgan fingerprint density at radius 1 is 1.54 bits per heavy atom. The lowest BCUT2D eigenvalue weighted by Gasteiger charge is -2.16. The van der Waals surface area contributed by atoms with Crippen LogP contribution < -0.4 is 0 Å². The van der Waals surface area contributed by atoms with E-state index in [1.54, 1.807) is 6.08 Å². The Bertz CT molecular complexity index is 191. The summed E-state index contributed by atoms with van der Waals surface area (Å²) in [7, 11) is -4.39. The quantitative estimate of drug-likeness (QED) is 0.300. The third kappa shape index (κ3) is 8.11. The number of aliphatic hydroxyl groups excluding tert-OH is 1. The van der Waals surface area contributed by atoms with Crippen molar-refractivity contribution in [3.05, 3.63) is 12.7 Å². The van der Waals surface area contributed by atoms with Gasteiger partial charge in [0.05, 0.1) is 13.3 Å². The number of nitrogens with zero attached hydrogens (tertiary/aromatic N) is 1. The van der Waals surface area contributed by atoms with Gasteiger partial charge in [-0.05, 0) is 0 Å². The molecule has 0 aliphatic carbocycles. The molecule has 0 bridgehead atoms. The highest BCUT2D eigenvalue weighted by Crippen LogP contribution is 2.35. The Labute approximate surface area is 76.7 Å². The normalized spacial score (nSPS) is 12.0. The molecule has 0 aromatic heterocycles. The van der Waals surface area contributed by atoms with E-state index < -0.39 is 7.82 Å². The van der Waals surface area contributed by atoms with Crippen molar-refractivity contribution in [2.24, 2.45) is 0 Å². The summed E-state index contributed by atoms with van der Waals surface area (Å²) < 4.78 is 14.4. The molecular weight excluding hydrogens is 197 g/mol. The molecule has 13 heavy (non-hydrogen) atoms. The molecule has 0 heterocycles. The first-order valence-electron chi connectivity index (χ1n) is 3.64. The van der Waals surface area contributed by atoms with Crippen molar-refractivity contribution in [1.29, 1.82) is 0 Å². The van der Waals surface area contributed by atoms with E-state index in [9.17, 15) is 4.57 Å². The molecule has 0 radical (unpaired) electrons. The molecule has 0 saturated carbocycles. The van der Waals surface area contributed by atoms with E-state index in [2.05, 4.69) is 11.1 Å². The molecule has 0 aromatic rings. The molecule has 7 heteroatoms. The maximum Gasteiger partial charge on any atom is 0.469 e. The monoisotopic (exact) mass is 211 g/mol. The number of phosphoric ester groups is 1. The second kappa shape index (κ2) is 6.26. The topological polar surface area (TPSA) is 90.2 Å². The second-order valence-electron chi connectivity index (χ2n) is 2.33. The summed E-state index contributed by atoms with van der Waals surface area (Å²) in [6, 6.07) is 0. The molecule has 0 amide bonds. The fourth-order valence-corrected chi connectivity index (χ4v) is 1.01. The highest BCUT2D eigenvalue weighted by molar-refractivity contribution is 7.46. The summed E-state index contributed by atoms with van der Waals surface area (Å²) in [6.45, 7) is 3.82. The van der Waals surface area contributed by atoms with E-state index in [0.29, 0.717) is 6.54 Å². The van der Waals surface area contributed by atoms with Crippen LogP contribution in [-0.4, -0.2) is 46.2 Å². The van der Waals surface area contributed by atoms with Crippen LogP contribution in [0.2, 0.25) is 0 Å². The zero-order chi connectivity index (χ0) is 10.3. The minimum atomic E-state index is -4.39. The minimum absolute atomic E-state index is 0.126. The van der Waals surface area contributed by atoms with Crippen molar-refractivity contribution in [3.8, 4) is 0 Å². The van der Waals surface area contributed by atoms with Gasteiger partial charge in [-0.2, -0.15) is 0 Å². The maximum atomic E-state index is 10.2. The molecule has 0 unspecified atom stereocenters. The second-order valence-corrected chi connectivity index (χ2v) is 3.57. The van der Waals surface area contributed by atoms with Gasteiger partial charge in [0.15, 0.2) is 0 Å². The molecule has 0 aliphatic heterocycles. The summed E-state index contributed by atoms with van der Waals surface area (Å²) in [6.07, 6.45) is 1.58. The first-order chi connectivity index (χ1) is 5.99. The Kier molecular flexibility index (Phi) is 6.15. The zero-order valence-electron chi connectivity index (χ0n) is 7.17. The smallest absolute Gasteiger partial charge is 0.381 e. The average molecular weight is 211 g/mol. The van der Waals surface area contributed by atoms with E-state index in [0.717, 1.165) is 0 Å². The summed E-state index contributed by atoms with van der Waals surface area (Å²) in [4.78, 5) is 18.2. The molecule has 3 N–H and O–H groups in total. The number of rotatable bonds is 7. The fourth-order valence-electron chi connectivity index (χ4n) is 0.691. The van der Waals surface area contributed by atoms with Crippen LogP contribution in [-0.2, 0) is 9.09 Å². The average Bonchev–Trinajstić information content (AvgIpc) is 2.01. The van der Waals surface area contributed by atoms with E-state index in [-0.39, 0.29) is 19.9 Å². The van der Waals surface area contributed by atoms with Gasteiger partial charge in [0, 0.05) is 13.1 Å². The lowest BCUT2D eigenvalue weighted by Crippen LogP contribution is -2.28. The lowest BCUT2D eigenvalue weighted by atomic mass is 10.5. The number of phosphoric acid groups is 1. The number of hydrogen-bond donors (Lipinski definition) is 3. The van der Waals surface area contributed by atoms with E-state index >= 15 is 0 Å². The van der Waals surface area contributed by atoms with Gasteiger partial charge in [0.1, 0.15) is 0 Å². The summed E-state index contributed by atoms with van der Waals surface area (Å²) >= 11 is 0. The van der Waals surface area contributed by atoms with Crippen LogP contribution in [0.15, 0.2) is 12.7 Å². The van der Waals surface area contributed by atoms with Crippen LogP contribution >= 0.6 is 7.82 Å². The number of hydrogen-bond acceptors (Lipinski definition) is 4. The Morgan fingerprint density at radius 2 is 2.15 bits per heavy atom. The van der Waals surface area contributed by atoms with Crippen molar-refractivity contribution >= 4 is 7.82 Å². The molecule has 0 aliphatic rings. The fraction of sp³-hybridized carbons (Fsp3) is 0.667. The van der Waals surface area contributed by atoms with Gasteiger partial charge in [-0.25, -0.2) is 4.57 Å². The van der Waals surface area contributed by atoms with Crippen molar-refractivity contribution in [2.45, 2.75) is 0 Å². The predicted octanol–water partition coefficient (Wildman–Crippen LogP) is -0.466. The Hall–Kier alpha value is -0.230. The van der Waals surface area contributed by atoms with Gasteiger partial charge in [-0.1, -0.05) is 6.08 Å². The standard InChI is InChI=1S/C6H14NO5P/c1-2-3-7(6-8)4-5-12-13(9,10)11/h2,8H,1,3-6H2,(H2,9,10,11). The van der Waals surface area contributed by atoms with Crippen molar-refractivity contribution < 1.29 is 24.0 Å². The molecule has 0 aromatic carbocycles. The maximum absolute atomic E-state index is 10.2. The van der Waals surface area contributed by atoms with Crippen LogP contribution in [0.3, 0.4) is 0 Å². The van der Waals surface area contributed by atoms with E-state index in [4.69, 9.17) is 14.9 Å². The van der Waals surface area contributed by atoms with Gasteiger partial charge in [0.25, 0.3) is 0 Å². The molecular formula is C6H14NO5P. The van der Waals surface area contributed by atoms with Crippen molar-refractivity contribution in [3.63, 3.8) is 0 Å². The van der Waals surface area contributed by atoms with Gasteiger partial charge < -0.3 is 14.9 Å². The molecule has 0 rings (SSSR count). The van der Waals surface area contributed by atoms with E-state index in [1.165, 1.54) is 4.90 Å². The van der Waals surface area contributed by atoms with Crippen LogP contribution in [0, 0.1) is 0 Å². The van der Waals surface area contributed by atoms with Crippen LogP contribution in [0.5, 0.6) is 0 Å². The van der Waals surface area contributed by atoms with Crippen LogP contribution in [0.4, 0.5) is 0 Å². The largest absolute Gasteiger partial charge is 0.469 e. The third-order valence-electron chi connectivity index (χ3n) is 1.25. The van der Waals surface area contributed by atoms with Gasteiger partial charge in [-0.3, -0.25) is 9.42 Å². The van der Waals surface area contributed by atoms with Crippen molar-refractivity contribution in [1.82, 2.24) is 4.90 Å². The molecule has 0 spiro atoms. The van der Waals surface area contributed by atoms with Crippen LogP contribution in [0.1, 0.15) is 0 Å². The number of aliphatic hydroxyl groups is 1. The third-order valence-corrected chi connectivity index (χ3v) is 1.77. The predicted molar refractivity (Wildman–Crippen MR) is 46.9 cm³/mol. The SMILES string of the molecule is C=CCN(CO)CCOP(=O)(O)O. The molecule has 6 nitrogen and oxygen atoms in total. The lowest BCUT2D eigenvalue weighted by molar-refractivity contribution is 0.0935. The van der Waals surface area contributed by atoms with Crippen molar-refractivity contribution in [2.75, 3.05) is 26.4 Å². The van der Waals surface area contributed by atoms with Gasteiger partial charge >= 0.3 is 7.82 Å². The zero-order valence-corrected chi connectivity index (χ0v) is 8.06. The molecule has 0 fully saturated rings. The summed E-state index contributed by atoms with van der Waals surface area (Å²) in [5.41, 5.74) is 0. The Morgan fingerprint density at radius 3 is 2.54 bits per heavy atom. The summed E-state index contributed by atoms with van der Waals surface area (Å²) in [5.74, 6) is 0. The Balaban J connectivity index is 3.60. The van der Waals surface area contributed by atoms with Crippen LogP contribution in [0.25, 0.3) is 0 Å². The molecule has 0 atom stereocenters. The highest BCUT2D eigenvalue weighted by Gasteiger charge is 2.13. The first kappa shape index (κ1) is 12.8. The summed E-state index contributed by atoms with van der Waals surface area (Å²) in [5, 5.41) is 8.72. The molecule has 78 valence electrons. The van der Waals surface area contributed by atoms with E-state index in [1.807, 2.05) is 0 Å². The van der Waals surface area contributed by atoms with Gasteiger partial charge in [-0.15, -0.1) is 6.58 Å².